The predicted octanol–water partition coefficient (Wildman–Crippen LogP) is 1.68. The van der Waals surface area contributed by atoms with E-state index < -0.39 is 0 Å². The summed E-state index contributed by atoms with van der Waals surface area (Å²) in [7, 11) is 0. The van der Waals surface area contributed by atoms with Crippen molar-refractivity contribution in [3.05, 3.63) is 22.4 Å². The third kappa shape index (κ3) is 2.77. The Balaban J connectivity index is 2.62. The molecule has 0 saturated heterocycles. The topological polar surface area (TPSA) is 47.3 Å². The van der Waals surface area contributed by atoms with E-state index in [1.807, 2.05) is 19.2 Å². The van der Waals surface area contributed by atoms with E-state index in [9.17, 15) is 0 Å². The van der Waals surface area contributed by atoms with Gasteiger partial charge in [0.2, 0.25) is 0 Å². The molecule has 0 fully saturated rings. The van der Waals surface area contributed by atoms with Crippen LogP contribution in [0.3, 0.4) is 0 Å². The first-order valence-electron chi connectivity index (χ1n) is 4.39. The Bertz CT molecular complexity index is 226. The van der Waals surface area contributed by atoms with E-state index in [0.717, 1.165) is 0 Å². The van der Waals surface area contributed by atoms with Crippen LogP contribution in [0.15, 0.2) is 16.8 Å². The lowest BCUT2D eigenvalue weighted by molar-refractivity contribution is 0.0474. The highest BCUT2D eigenvalue weighted by atomic mass is 32.1. The van der Waals surface area contributed by atoms with Gasteiger partial charge in [0, 0.05) is 6.61 Å². The standard InChI is InChI=1S/C9H16N2OS/c1-3-12-7(2)9(11-10)8-4-5-13-6-8/h4-7,9,11H,3,10H2,1-2H3. The van der Waals surface area contributed by atoms with Gasteiger partial charge in [0.05, 0.1) is 12.1 Å². The molecule has 1 aromatic rings. The molecule has 3 nitrogen and oxygen atoms in total. The zero-order valence-electron chi connectivity index (χ0n) is 7.99. The van der Waals surface area contributed by atoms with Gasteiger partial charge in [0.15, 0.2) is 0 Å². The fourth-order valence-corrected chi connectivity index (χ4v) is 2.01. The van der Waals surface area contributed by atoms with Crippen molar-refractivity contribution in [3.63, 3.8) is 0 Å². The lowest BCUT2D eigenvalue weighted by Crippen LogP contribution is -2.36. The third-order valence-corrected chi connectivity index (χ3v) is 2.68. The van der Waals surface area contributed by atoms with Crippen LogP contribution in [0.5, 0.6) is 0 Å². The summed E-state index contributed by atoms with van der Waals surface area (Å²) >= 11 is 1.67. The van der Waals surface area contributed by atoms with Gasteiger partial charge in [-0.05, 0) is 36.2 Å². The first kappa shape index (κ1) is 10.7. The number of hydrazine groups is 1. The highest BCUT2D eigenvalue weighted by Gasteiger charge is 2.17. The van der Waals surface area contributed by atoms with Crippen LogP contribution in [0, 0.1) is 0 Å². The van der Waals surface area contributed by atoms with Crippen LogP contribution >= 0.6 is 11.3 Å². The molecule has 2 unspecified atom stereocenters. The van der Waals surface area contributed by atoms with Crippen molar-refractivity contribution in [2.75, 3.05) is 6.61 Å². The van der Waals surface area contributed by atoms with Gasteiger partial charge < -0.3 is 4.74 Å². The molecule has 0 aliphatic rings. The van der Waals surface area contributed by atoms with E-state index in [1.165, 1.54) is 5.56 Å². The minimum atomic E-state index is 0.0891. The number of hydrogen-bond acceptors (Lipinski definition) is 4. The molecule has 2 atom stereocenters. The van der Waals surface area contributed by atoms with Crippen molar-refractivity contribution in [1.82, 2.24) is 5.43 Å². The van der Waals surface area contributed by atoms with Crippen molar-refractivity contribution < 1.29 is 4.74 Å². The maximum absolute atomic E-state index is 5.48. The third-order valence-electron chi connectivity index (χ3n) is 1.98. The number of nitrogens with one attached hydrogen (secondary N) is 1. The maximum Gasteiger partial charge on any atom is 0.0754 e. The fraction of sp³-hybridized carbons (Fsp3) is 0.556. The molecular formula is C9H16N2OS. The van der Waals surface area contributed by atoms with E-state index in [4.69, 9.17) is 10.6 Å². The predicted molar refractivity (Wildman–Crippen MR) is 55.5 cm³/mol. The highest BCUT2D eigenvalue weighted by Crippen LogP contribution is 2.20. The summed E-state index contributed by atoms with van der Waals surface area (Å²) in [6.45, 7) is 4.72. The summed E-state index contributed by atoms with van der Waals surface area (Å²) in [4.78, 5) is 0. The van der Waals surface area contributed by atoms with Gasteiger partial charge in [-0.25, -0.2) is 0 Å². The Hall–Kier alpha value is -0.420. The molecule has 0 amide bonds. The monoisotopic (exact) mass is 200 g/mol. The van der Waals surface area contributed by atoms with E-state index >= 15 is 0 Å². The van der Waals surface area contributed by atoms with Crippen LogP contribution in [0.4, 0.5) is 0 Å². The molecule has 74 valence electrons. The quantitative estimate of drug-likeness (QED) is 0.561. The average Bonchev–Trinajstić information content (AvgIpc) is 2.59. The zero-order chi connectivity index (χ0) is 9.68. The molecule has 4 heteroatoms. The molecule has 0 aliphatic heterocycles. The highest BCUT2D eigenvalue weighted by molar-refractivity contribution is 7.07. The van der Waals surface area contributed by atoms with Gasteiger partial charge in [-0.3, -0.25) is 11.3 Å². The van der Waals surface area contributed by atoms with Crippen LogP contribution in [0.1, 0.15) is 25.5 Å². The minimum absolute atomic E-state index is 0.0891. The van der Waals surface area contributed by atoms with E-state index in [-0.39, 0.29) is 12.1 Å². The summed E-state index contributed by atoms with van der Waals surface area (Å²) in [6.07, 6.45) is 0.101. The van der Waals surface area contributed by atoms with Crippen molar-refractivity contribution in [2.45, 2.75) is 26.0 Å². The summed E-state index contributed by atoms with van der Waals surface area (Å²) in [6, 6.07) is 2.15. The molecule has 1 heterocycles. The molecule has 0 aliphatic carbocycles. The van der Waals surface area contributed by atoms with Gasteiger partial charge in [-0.15, -0.1) is 0 Å². The summed E-state index contributed by atoms with van der Waals surface area (Å²) in [5.41, 5.74) is 3.96. The molecule has 3 N–H and O–H groups in total. The Morgan fingerprint density at radius 2 is 2.46 bits per heavy atom. The van der Waals surface area contributed by atoms with Gasteiger partial charge >= 0.3 is 0 Å². The largest absolute Gasteiger partial charge is 0.377 e. The second kappa shape index (κ2) is 5.34. The molecule has 1 rings (SSSR count). The average molecular weight is 200 g/mol. The van der Waals surface area contributed by atoms with Gasteiger partial charge in [0.25, 0.3) is 0 Å². The number of ether oxygens (including phenoxy) is 1. The van der Waals surface area contributed by atoms with Crippen molar-refractivity contribution >= 4 is 11.3 Å². The lowest BCUT2D eigenvalue weighted by Gasteiger charge is -2.22. The first-order valence-corrected chi connectivity index (χ1v) is 5.33. The van der Waals surface area contributed by atoms with Crippen molar-refractivity contribution in [1.29, 1.82) is 0 Å². The van der Waals surface area contributed by atoms with Crippen molar-refractivity contribution in [2.24, 2.45) is 5.84 Å². The number of nitrogens with two attached hydrogens (primary N) is 1. The maximum atomic E-state index is 5.48. The number of thiophene rings is 1. The zero-order valence-corrected chi connectivity index (χ0v) is 8.80. The van der Waals surface area contributed by atoms with E-state index in [2.05, 4.69) is 16.9 Å². The second-order valence-corrected chi connectivity index (χ2v) is 3.64. The van der Waals surface area contributed by atoms with Crippen LogP contribution in [-0.2, 0) is 4.74 Å². The lowest BCUT2D eigenvalue weighted by atomic mass is 10.1. The van der Waals surface area contributed by atoms with Gasteiger partial charge in [0.1, 0.15) is 0 Å². The molecule has 13 heavy (non-hydrogen) atoms. The van der Waals surface area contributed by atoms with Crippen LogP contribution < -0.4 is 11.3 Å². The Kier molecular flexibility index (Phi) is 4.38. The summed E-state index contributed by atoms with van der Waals surface area (Å²) in [5, 5.41) is 4.12. The molecule has 1 aromatic heterocycles. The van der Waals surface area contributed by atoms with Gasteiger partial charge in [-0.1, -0.05) is 0 Å². The molecule has 0 spiro atoms. The summed E-state index contributed by atoms with van der Waals surface area (Å²) < 4.78 is 5.48. The number of hydrogen-bond donors (Lipinski definition) is 2. The van der Waals surface area contributed by atoms with Crippen LogP contribution in [-0.4, -0.2) is 12.7 Å². The molecule has 0 bridgehead atoms. The van der Waals surface area contributed by atoms with Crippen LogP contribution in [0.25, 0.3) is 0 Å². The molecule has 0 saturated carbocycles. The normalized spacial score (nSPS) is 15.6. The molecule has 0 radical (unpaired) electrons. The van der Waals surface area contributed by atoms with Crippen LogP contribution in [0.2, 0.25) is 0 Å². The molecule has 0 aromatic carbocycles. The second-order valence-electron chi connectivity index (χ2n) is 2.86. The van der Waals surface area contributed by atoms with Crippen molar-refractivity contribution in [3.8, 4) is 0 Å². The minimum Gasteiger partial charge on any atom is -0.377 e. The van der Waals surface area contributed by atoms with E-state index in [1.54, 1.807) is 11.3 Å². The SMILES string of the molecule is CCOC(C)C(NN)c1ccsc1. The van der Waals surface area contributed by atoms with Gasteiger partial charge in [-0.2, -0.15) is 11.3 Å². The molecular weight excluding hydrogens is 184 g/mol. The Morgan fingerprint density at radius 1 is 1.69 bits per heavy atom. The summed E-state index contributed by atoms with van der Waals surface area (Å²) in [5.74, 6) is 5.47. The Morgan fingerprint density at radius 3 is 2.92 bits per heavy atom. The first-order chi connectivity index (χ1) is 6.29. The van der Waals surface area contributed by atoms with E-state index in [0.29, 0.717) is 6.61 Å². The smallest absolute Gasteiger partial charge is 0.0754 e. The fourth-order valence-electron chi connectivity index (χ4n) is 1.31. The number of rotatable bonds is 5. The Labute approximate surface area is 82.9 Å².